The van der Waals surface area contributed by atoms with Crippen molar-refractivity contribution in [3.8, 4) is 0 Å². The number of hydrogen-bond donors (Lipinski definition) is 2. The van der Waals surface area contributed by atoms with Crippen LogP contribution in [0.5, 0.6) is 0 Å². The van der Waals surface area contributed by atoms with Gasteiger partial charge in [0, 0.05) is 11.6 Å². The van der Waals surface area contributed by atoms with Gasteiger partial charge in [-0.25, -0.2) is 4.98 Å². The maximum atomic E-state index is 5.43. The van der Waals surface area contributed by atoms with Crippen LogP contribution in [0.4, 0.5) is 0 Å². The van der Waals surface area contributed by atoms with E-state index in [2.05, 4.69) is 9.97 Å². The average Bonchev–Trinajstić information content (AvgIpc) is 2.49. The summed E-state index contributed by atoms with van der Waals surface area (Å²) in [4.78, 5) is 7.53. The van der Waals surface area contributed by atoms with E-state index in [1.165, 1.54) is 0 Å². The van der Waals surface area contributed by atoms with E-state index >= 15 is 0 Å². The molecule has 0 aliphatic rings. The summed E-state index contributed by atoms with van der Waals surface area (Å²) in [6.45, 7) is 0. The molecule has 0 amide bonds. The number of rotatable bonds is 1. The summed E-state index contributed by atoms with van der Waals surface area (Å²) in [6, 6.07) is 5.71. The quantitative estimate of drug-likeness (QED) is 0.643. The van der Waals surface area contributed by atoms with Gasteiger partial charge in [0.2, 0.25) is 0 Å². The van der Waals surface area contributed by atoms with Crippen molar-refractivity contribution in [1.29, 1.82) is 0 Å². The molecule has 0 unspecified atom stereocenters. The first-order valence-electron chi connectivity index (χ1n) is 3.51. The Morgan fingerprint density at radius 1 is 1.42 bits per heavy atom. The fourth-order valence-electron chi connectivity index (χ4n) is 1.07. The van der Waals surface area contributed by atoms with Crippen LogP contribution in [0.1, 0.15) is 5.69 Å². The zero-order valence-electron chi connectivity index (χ0n) is 6.24. The minimum absolute atomic E-state index is 0.325. The van der Waals surface area contributed by atoms with E-state index in [0.29, 0.717) is 10.7 Å². The molecule has 0 atom stereocenters. The summed E-state index contributed by atoms with van der Waals surface area (Å²) in [5.41, 5.74) is 6.90. The van der Waals surface area contributed by atoms with Gasteiger partial charge in [-0.05, 0) is 18.2 Å². The van der Waals surface area contributed by atoms with Gasteiger partial charge in [-0.1, -0.05) is 12.2 Å². The highest BCUT2D eigenvalue weighted by Gasteiger charge is 1.99. The molecule has 0 saturated heterocycles. The molecule has 2 rings (SSSR count). The van der Waals surface area contributed by atoms with Crippen LogP contribution in [0.2, 0.25) is 0 Å². The number of pyridine rings is 1. The van der Waals surface area contributed by atoms with Gasteiger partial charge < -0.3 is 10.7 Å². The van der Waals surface area contributed by atoms with Gasteiger partial charge in [0.05, 0.1) is 5.69 Å². The number of nitrogens with one attached hydrogen (secondary N) is 1. The SMILES string of the molecule is NC(=S)c1ccc2cc[nH]c2n1. The third-order valence-electron chi connectivity index (χ3n) is 1.66. The lowest BCUT2D eigenvalue weighted by Gasteiger charge is -1.95. The van der Waals surface area contributed by atoms with Crippen LogP contribution in [0, 0.1) is 0 Å². The summed E-state index contributed by atoms with van der Waals surface area (Å²) < 4.78 is 0. The first-order chi connectivity index (χ1) is 5.77. The van der Waals surface area contributed by atoms with Crippen LogP contribution in [0.15, 0.2) is 24.4 Å². The van der Waals surface area contributed by atoms with E-state index in [1.807, 2.05) is 24.4 Å². The Balaban J connectivity index is 2.68. The van der Waals surface area contributed by atoms with E-state index in [9.17, 15) is 0 Å². The molecule has 4 heteroatoms. The monoisotopic (exact) mass is 177 g/mol. The Hall–Kier alpha value is -1.42. The zero-order chi connectivity index (χ0) is 8.55. The number of nitrogens with two attached hydrogens (primary N) is 1. The lowest BCUT2D eigenvalue weighted by atomic mass is 10.3. The van der Waals surface area contributed by atoms with Gasteiger partial charge in [0.25, 0.3) is 0 Å². The maximum Gasteiger partial charge on any atom is 0.138 e. The zero-order valence-corrected chi connectivity index (χ0v) is 7.06. The van der Waals surface area contributed by atoms with E-state index in [0.717, 1.165) is 11.0 Å². The molecule has 0 aromatic carbocycles. The Morgan fingerprint density at radius 3 is 3.00 bits per heavy atom. The second-order valence-electron chi connectivity index (χ2n) is 2.48. The Morgan fingerprint density at radius 2 is 2.25 bits per heavy atom. The molecule has 0 bridgehead atoms. The highest BCUT2D eigenvalue weighted by Crippen LogP contribution is 2.09. The highest BCUT2D eigenvalue weighted by atomic mass is 32.1. The Kier molecular flexibility index (Phi) is 1.55. The second kappa shape index (κ2) is 2.57. The maximum absolute atomic E-state index is 5.43. The summed E-state index contributed by atoms with van der Waals surface area (Å²) in [7, 11) is 0. The van der Waals surface area contributed by atoms with Crippen LogP contribution in [0.25, 0.3) is 11.0 Å². The number of thiocarbonyl (C=S) groups is 1. The number of aromatic amines is 1. The van der Waals surface area contributed by atoms with Crippen LogP contribution in [-0.4, -0.2) is 15.0 Å². The molecule has 0 fully saturated rings. The lowest BCUT2D eigenvalue weighted by molar-refractivity contribution is 1.30. The van der Waals surface area contributed by atoms with Gasteiger partial charge in [-0.15, -0.1) is 0 Å². The van der Waals surface area contributed by atoms with Crippen LogP contribution < -0.4 is 5.73 Å². The molecule has 0 saturated carbocycles. The van der Waals surface area contributed by atoms with Crippen LogP contribution >= 0.6 is 12.2 Å². The fourth-order valence-corrected chi connectivity index (χ4v) is 1.18. The number of aromatic nitrogens is 2. The number of hydrogen-bond acceptors (Lipinski definition) is 2. The molecule has 2 heterocycles. The molecule has 12 heavy (non-hydrogen) atoms. The van der Waals surface area contributed by atoms with Crippen molar-refractivity contribution in [3.05, 3.63) is 30.1 Å². The van der Waals surface area contributed by atoms with Crippen LogP contribution in [0.3, 0.4) is 0 Å². The van der Waals surface area contributed by atoms with Crippen molar-refractivity contribution in [1.82, 2.24) is 9.97 Å². The van der Waals surface area contributed by atoms with E-state index in [4.69, 9.17) is 18.0 Å². The molecule has 0 aliphatic carbocycles. The van der Waals surface area contributed by atoms with Crippen LogP contribution in [-0.2, 0) is 0 Å². The first kappa shape index (κ1) is 7.24. The molecule has 2 aromatic rings. The molecular weight excluding hydrogens is 170 g/mol. The number of H-pyrrole nitrogens is 1. The van der Waals surface area contributed by atoms with E-state index in [-0.39, 0.29) is 0 Å². The molecule has 0 aliphatic heterocycles. The van der Waals surface area contributed by atoms with Gasteiger partial charge in [0.15, 0.2) is 0 Å². The molecule has 3 N–H and O–H groups in total. The highest BCUT2D eigenvalue weighted by molar-refractivity contribution is 7.80. The molecule has 3 nitrogen and oxygen atoms in total. The van der Waals surface area contributed by atoms with E-state index in [1.54, 1.807) is 0 Å². The van der Waals surface area contributed by atoms with Gasteiger partial charge in [0.1, 0.15) is 10.6 Å². The van der Waals surface area contributed by atoms with Gasteiger partial charge in [-0.2, -0.15) is 0 Å². The number of nitrogens with zero attached hydrogens (tertiary/aromatic N) is 1. The normalized spacial score (nSPS) is 10.3. The third kappa shape index (κ3) is 1.06. The minimum atomic E-state index is 0.325. The smallest absolute Gasteiger partial charge is 0.138 e. The molecule has 0 radical (unpaired) electrons. The van der Waals surface area contributed by atoms with Crippen molar-refractivity contribution >= 4 is 28.2 Å². The third-order valence-corrected chi connectivity index (χ3v) is 1.87. The van der Waals surface area contributed by atoms with Crippen molar-refractivity contribution < 1.29 is 0 Å². The second-order valence-corrected chi connectivity index (χ2v) is 2.92. The van der Waals surface area contributed by atoms with Gasteiger partial charge in [-0.3, -0.25) is 0 Å². The Labute approximate surface area is 74.6 Å². The summed E-state index contributed by atoms with van der Waals surface area (Å²) >= 11 is 4.80. The van der Waals surface area contributed by atoms with E-state index < -0.39 is 0 Å². The molecule has 2 aromatic heterocycles. The van der Waals surface area contributed by atoms with Crippen molar-refractivity contribution in [3.63, 3.8) is 0 Å². The first-order valence-corrected chi connectivity index (χ1v) is 3.92. The topological polar surface area (TPSA) is 54.7 Å². The Bertz CT molecular complexity index is 433. The van der Waals surface area contributed by atoms with Crippen molar-refractivity contribution in [2.24, 2.45) is 5.73 Å². The largest absolute Gasteiger partial charge is 0.388 e. The number of fused-ring (bicyclic) bond motifs is 1. The molecule has 60 valence electrons. The minimum Gasteiger partial charge on any atom is -0.388 e. The standard InChI is InChI=1S/C8H7N3S/c9-7(12)6-2-1-5-3-4-10-8(5)11-6/h1-4H,(H2,9,12)(H,10,11). The van der Waals surface area contributed by atoms with Crippen molar-refractivity contribution in [2.45, 2.75) is 0 Å². The van der Waals surface area contributed by atoms with Gasteiger partial charge >= 0.3 is 0 Å². The van der Waals surface area contributed by atoms with Crippen molar-refractivity contribution in [2.75, 3.05) is 0 Å². The molecule has 0 spiro atoms. The predicted molar refractivity (Wildman–Crippen MR) is 52.0 cm³/mol. The predicted octanol–water partition coefficient (Wildman–Crippen LogP) is 1.20. The lowest BCUT2D eigenvalue weighted by Crippen LogP contribution is -2.11. The summed E-state index contributed by atoms with van der Waals surface area (Å²) in [6.07, 6.45) is 1.83. The summed E-state index contributed by atoms with van der Waals surface area (Å²) in [5, 5.41) is 1.06. The molecular formula is C8H7N3S. The average molecular weight is 177 g/mol. The fraction of sp³-hybridized carbons (Fsp3) is 0. The summed E-state index contributed by atoms with van der Waals surface area (Å²) in [5.74, 6) is 0.